The van der Waals surface area contributed by atoms with Gasteiger partial charge in [-0.15, -0.1) is 11.3 Å². The maximum Gasteiger partial charge on any atom is 0.222 e. The third-order valence-electron chi connectivity index (χ3n) is 2.61. The quantitative estimate of drug-likeness (QED) is 0.835. The molecule has 1 aromatic heterocycles. The summed E-state index contributed by atoms with van der Waals surface area (Å²) in [6, 6.07) is 0.532. The maximum absolute atomic E-state index is 9.19. The van der Waals surface area contributed by atoms with Gasteiger partial charge in [-0.05, 0) is 13.8 Å². The van der Waals surface area contributed by atoms with E-state index in [1.54, 1.807) is 5.38 Å². The second-order valence-corrected chi connectivity index (χ2v) is 4.88. The molecule has 0 aromatic carbocycles. The highest BCUT2D eigenvalue weighted by atomic mass is 32.1. The third kappa shape index (κ3) is 2.48. The zero-order chi connectivity index (χ0) is 10.8. The van der Waals surface area contributed by atoms with Crippen LogP contribution in [0.2, 0.25) is 0 Å². The second kappa shape index (κ2) is 4.47. The molecule has 1 aromatic rings. The average molecular weight is 228 g/mol. The summed E-state index contributed by atoms with van der Waals surface area (Å²) in [4.78, 5) is 6.42. The Morgan fingerprint density at radius 1 is 1.67 bits per heavy atom. The van der Waals surface area contributed by atoms with Crippen molar-refractivity contribution < 1.29 is 9.84 Å². The van der Waals surface area contributed by atoms with Gasteiger partial charge in [-0.1, -0.05) is 0 Å². The van der Waals surface area contributed by atoms with E-state index in [2.05, 4.69) is 23.7 Å². The molecule has 0 saturated carbocycles. The summed E-state index contributed by atoms with van der Waals surface area (Å²) in [5, 5.41) is 11.7. The van der Waals surface area contributed by atoms with Gasteiger partial charge in [0.05, 0.1) is 12.0 Å². The van der Waals surface area contributed by atoms with Crippen molar-refractivity contribution in [3.63, 3.8) is 0 Å². The minimum absolute atomic E-state index is 0.0204. The highest BCUT2D eigenvalue weighted by molar-refractivity contribution is 7.09. The first kappa shape index (κ1) is 10.9. The molecular formula is C10H16N2O2S. The average Bonchev–Trinajstić information content (AvgIpc) is 2.65. The van der Waals surface area contributed by atoms with Crippen LogP contribution in [0.4, 0.5) is 0 Å². The van der Waals surface area contributed by atoms with Crippen LogP contribution in [-0.2, 0) is 4.74 Å². The lowest BCUT2D eigenvalue weighted by atomic mass is 10.2. The Morgan fingerprint density at radius 3 is 3.07 bits per heavy atom. The molecule has 1 unspecified atom stereocenters. The highest BCUT2D eigenvalue weighted by Gasteiger charge is 2.25. The molecule has 15 heavy (non-hydrogen) atoms. The zero-order valence-electron chi connectivity index (χ0n) is 9.01. The molecule has 0 aliphatic carbocycles. The lowest BCUT2D eigenvalue weighted by Crippen LogP contribution is -2.42. The van der Waals surface area contributed by atoms with Crippen LogP contribution in [0.5, 0.6) is 5.88 Å². The van der Waals surface area contributed by atoms with E-state index in [4.69, 9.17) is 4.74 Å². The Balaban J connectivity index is 2.04. The summed E-state index contributed by atoms with van der Waals surface area (Å²) < 4.78 is 5.65. The van der Waals surface area contributed by atoms with Gasteiger partial charge in [0.25, 0.3) is 0 Å². The second-order valence-electron chi connectivity index (χ2n) is 3.99. The van der Waals surface area contributed by atoms with Crippen LogP contribution in [0, 0.1) is 0 Å². The number of ether oxygens (including phenoxy) is 1. The van der Waals surface area contributed by atoms with Crippen LogP contribution in [0.1, 0.15) is 25.0 Å². The molecule has 1 atom stereocenters. The number of aromatic nitrogens is 1. The van der Waals surface area contributed by atoms with Gasteiger partial charge in [-0.25, -0.2) is 4.98 Å². The number of morpholine rings is 1. The minimum Gasteiger partial charge on any atom is -0.493 e. The number of rotatable bonds is 2. The molecule has 1 aliphatic rings. The first-order valence-corrected chi connectivity index (χ1v) is 6.05. The molecule has 2 heterocycles. The van der Waals surface area contributed by atoms with E-state index in [0.717, 1.165) is 24.7 Å². The van der Waals surface area contributed by atoms with Gasteiger partial charge in [0.1, 0.15) is 11.1 Å². The van der Waals surface area contributed by atoms with Crippen molar-refractivity contribution in [2.24, 2.45) is 0 Å². The molecule has 5 heteroatoms. The van der Waals surface area contributed by atoms with Crippen LogP contribution >= 0.6 is 11.3 Å². The minimum atomic E-state index is 0.0204. The van der Waals surface area contributed by atoms with Crippen LogP contribution in [0.3, 0.4) is 0 Å². The predicted molar refractivity (Wildman–Crippen MR) is 59.2 cm³/mol. The molecular weight excluding hydrogens is 212 g/mol. The first-order chi connectivity index (χ1) is 7.16. The fourth-order valence-corrected chi connectivity index (χ4v) is 2.43. The summed E-state index contributed by atoms with van der Waals surface area (Å²) in [5.41, 5.74) is 0. The van der Waals surface area contributed by atoms with Crippen LogP contribution in [0.25, 0.3) is 0 Å². The summed E-state index contributed by atoms with van der Waals surface area (Å²) >= 11 is 1.46. The molecule has 0 spiro atoms. The maximum atomic E-state index is 9.19. The van der Waals surface area contributed by atoms with Gasteiger partial charge < -0.3 is 9.84 Å². The summed E-state index contributed by atoms with van der Waals surface area (Å²) in [6.07, 6.45) is 0.0204. The van der Waals surface area contributed by atoms with Crippen molar-refractivity contribution in [2.45, 2.75) is 26.0 Å². The third-order valence-corrected chi connectivity index (χ3v) is 3.54. The van der Waals surface area contributed by atoms with E-state index in [-0.39, 0.29) is 12.0 Å². The van der Waals surface area contributed by atoms with Crippen molar-refractivity contribution >= 4 is 11.3 Å². The lowest BCUT2D eigenvalue weighted by Gasteiger charge is -2.34. The highest BCUT2D eigenvalue weighted by Crippen LogP contribution is 2.27. The Bertz CT molecular complexity index is 327. The van der Waals surface area contributed by atoms with E-state index in [1.807, 2.05) is 0 Å². The van der Waals surface area contributed by atoms with E-state index in [9.17, 15) is 5.11 Å². The van der Waals surface area contributed by atoms with Crippen LogP contribution < -0.4 is 0 Å². The Kier molecular flexibility index (Phi) is 3.23. The molecule has 0 radical (unpaired) electrons. The Hall–Kier alpha value is -0.650. The summed E-state index contributed by atoms with van der Waals surface area (Å²) in [6.45, 7) is 6.95. The molecule has 1 fully saturated rings. The number of thiazole rings is 1. The van der Waals surface area contributed by atoms with E-state index in [0.29, 0.717) is 6.04 Å². The smallest absolute Gasteiger partial charge is 0.222 e. The van der Waals surface area contributed by atoms with Gasteiger partial charge in [-0.3, -0.25) is 4.90 Å². The van der Waals surface area contributed by atoms with Gasteiger partial charge >= 0.3 is 0 Å². The Morgan fingerprint density at radius 2 is 2.47 bits per heavy atom. The lowest BCUT2D eigenvalue weighted by molar-refractivity contribution is -0.0403. The first-order valence-electron chi connectivity index (χ1n) is 5.17. The fraction of sp³-hybridized carbons (Fsp3) is 0.700. The van der Waals surface area contributed by atoms with Gasteiger partial charge in [0, 0.05) is 19.1 Å². The zero-order valence-corrected chi connectivity index (χ0v) is 9.83. The van der Waals surface area contributed by atoms with E-state index >= 15 is 0 Å². The normalized spacial score (nSPS) is 23.5. The molecule has 84 valence electrons. The standard InChI is InChI=1S/C10H16N2O2S/c1-7(2)12-3-4-14-8(5-12)10-11-9(13)6-15-10/h6-8,13H,3-5H2,1-2H3. The summed E-state index contributed by atoms with van der Waals surface area (Å²) in [5.74, 6) is 0.0975. The monoisotopic (exact) mass is 228 g/mol. The van der Waals surface area contributed by atoms with Gasteiger partial charge in [0.15, 0.2) is 0 Å². The largest absolute Gasteiger partial charge is 0.493 e. The molecule has 1 aliphatic heterocycles. The van der Waals surface area contributed by atoms with Gasteiger partial charge in [0.2, 0.25) is 5.88 Å². The van der Waals surface area contributed by atoms with Crippen molar-refractivity contribution in [1.29, 1.82) is 0 Å². The fourth-order valence-electron chi connectivity index (χ4n) is 1.71. The molecule has 1 N–H and O–H groups in total. The molecule has 4 nitrogen and oxygen atoms in total. The van der Waals surface area contributed by atoms with Crippen LogP contribution in [0.15, 0.2) is 5.38 Å². The predicted octanol–water partition coefficient (Wildman–Crippen LogP) is 1.63. The van der Waals surface area contributed by atoms with Crippen molar-refractivity contribution in [1.82, 2.24) is 9.88 Å². The van der Waals surface area contributed by atoms with Crippen molar-refractivity contribution in [3.05, 3.63) is 10.4 Å². The van der Waals surface area contributed by atoms with Crippen molar-refractivity contribution in [2.75, 3.05) is 19.7 Å². The van der Waals surface area contributed by atoms with Crippen molar-refractivity contribution in [3.8, 4) is 5.88 Å². The molecule has 0 amide bonds. The number of hydrogen-bond acceptors (Lipinski definition) is 5. The van der Waals surface area contributed by atoms with E-state index in [1.165, 1.54) is 11.3 Å². The number of hydrogen-bond donors (Lipinski definition) is 1. The number of nitrogens with zero attached hydrogens (tertiary/aromatic N) is 2. The summed E-state index contributed by atoms with van der Waals surface area (Å²) in [7, 11) is 0. The molecule has 2 rings (SSSR count). The van der Waals surface area contributed by atoms with Crippen LogP contribution in [-0.4, -0.2) is 40.7 Å². The number of aromatic hydroxyl groups is 1. The molecule has 0 bridgehead atoms. The SMILES string of the molecule is CC(C)N1CCOC(c2nc(O)cs2)C1. The topological polar surface area (TPSA) is 45.6 Å². The molecule has 1 saturated heterocycles. The van der Waals surface area contributed by atoms with E-state index < -0.39 is 0 Å². The Labute approximate surface area is 93.5 Å². The van der Waals surface area contributed by atoms with Gasteiger partial charge in [-0.2, -0.15) is 0 Å².